The summed E-state index contributed by atoms with van der Waals surface area (Å²) in [5.41, 5.74) is 1.43. The molecule has 2 aliphatic heterocycles. The number of carbonyl (C=O) groups excluding carboxylic acids is 2. The highest BCUT2D eigenvalue weighted by atomic mass is 16.7. The smallest absolute Gasteiger partial charge is 0.347 e. The number of fused-ring (bicyclic) bond motifs is 2. The van der Waals surface area contributed by atoms with Crippen LogP contribution in [0.2, 0.25) is 0 Å². The second-order valence-electron chi connectivity index (χ2n) is 6.80. The van der Waals surface area contributed by atoms with Crippen LogP contribution in [0.4, 0.5) is 0 Å². The van der Waals surface area contributed by atoms with E-state index in [0.717, 1.165) is 5.56 Å². The zero-order valence-electron chi connectivity index (χ0n) is 16.4. The fraction of sp³-hybridized carbons (Fsp3) is 0.0833. The molecule has 7 nitrogen and oxygen atoms in total. The van der Waals surface area contributed by atoms with E-state index < -0.39 is 5.97 Å². The number of hydrogen-bond donors (Lipinski definition) is 0. The number of methoxy groups -OCH3 is 1. The number of esters is 1. The van der Waals surface area contributed by atoms with Crippen LogP contribution in [-0.2, 0) is 0 Å². The van der Waals surface area contributed by atoms with Crippen LogP contribution in [0, 0.1) is 0 Å². The third-order valence-electron chi connectivity index (χ3n) is 4.87. The Morgan fingerprint density at radius 2 is 1.81 bits per heavy atom. The molecule has 0 bridgehead atoms. The summed E-state index contributed by atoms with van der Waals surface area (Å²) in [4.78, 5) is 25.2. The molecule has 5 rings (SSSR count). The monoisotopic (exact) mass is 416 g/mol. The molecule has 0 aromatic heterocycles. The predicted octanol–water partition coefficient (Wildman–Crippen LogP) is 4.26. The number of Topliss-reactive ketones (excluding diaryl/α,β-unsaturated/α-hetero) is 1. The van der Waals surface area contributed by atoms with E-state index in [1.165, 1.54) is 13.2 Å². The minimum Gasteiger partial charge on any atom is -0.496 e. The fourth-order valence-corrected chi connectivity index (χ4v) is 3.36. The third-order valence-corrected chi connectivity index (χ3v) is 4.87. The maximum Gasteiger partial charge on any atom is 0.347 e. The molecule has 2 heterocycles. The Kier molecular flexibility index (Phi) is 4.55. The van der Waals surface area contributed by atoms with Crippen molar-refractivity contribution in [1.82, 2.24) is 0 Å². The SMILES string of the molecule is COc1ccccc1C(=O)Oc1ccc2c(c1)O/C(=C\c1ccc3c(c1)OCO3)C2=O. The first-order valence-electron chi connectivity index (χ1n) is 9.45. The summed E-state index contributed by atoms with van der Waals surface area (Å²) in [6.45, 7) is 0.173. The second kappa shape index (κ2) is 7.53. The van der Waals surface area contributed by atoms with Gasteiger partial charge in [-0.1, -0.05) is 18.2 Å². The first-order valence-corrected chi connectivity index (χ1v) is 9.45. The van der Waals surface area contributed by atoms with Gasteiger partial charge in [-0.2, -0.15) is 0 Å². The summed E-state index contributed by atoms with van der Waals surface area (Å²) in [7, 11) is 1.48. The third kappa shape index (κ3) is 3.46. The number of hydrogen-bond acceptors (Lipinski definition) is 7. The van der Waals surface area contributed by atoms with Gasteiger partial charge >= 0.3 is 5.97 Å². The minimum absolute atomic E-state index is 0.169. The van der Waals surface area contributed by atoms with E-state index in [1.807, 2.05) is 0 Å². The van der Waals surface area contributed by atoms with Gasteiger partial charge in [0.1, 0.15) is 22.8 Å². The van der Waals surface area contributed by atoms with Crippen LogP contribution in [-0.4, -0.2) is 25.7 Å². The minimum atomic E-state index is -0.571. The maximum absolute atomic E-state index is 12.7. The van der Waals surface area contributed by atoms with Gasteiger partial charge in [0.2, 0.25) is 12.6 Å². The number of benzene rings is 3. The molecule has 0 amide bonds. The van der Waals surface area contributed by atoms with Gasteiger partial charge in [0.15, 0.2) is 17.3 Å². The topological polar surface area (TPSA) is 80.3 Å². The van der Waals surface area contributed by atoms with Gasteiger partial charge in [0.25, 0.3) is 0 Å². The molecule has 154 valence electrons. The fourth-order valence-electron chi connectivity index (χ4n) is 3.36. The quantitative estimate of drug-likeness (QED) is 0.357. The number of ketones is 1. The maximum atomic E-state index is 12.7. The van der Waals surface area contributed by atoms with Gasteiger partial charge in [-0.25, -0.2) is 4.79 Å². The molecule has 0 aliphatic carbocycles. The van der Waals surface area contributed by atoms with Gasteiger partial charge in [-0.05, 0) is 48.0 Å². The van der Waals surface area contributed by atoms with E-state index >= 15 is 0 Å². The molecule has 0 radical (unpaired) electrons. The summed E-state index contributed by atoms with van der Waals surface area (Å²) < 4.78 is 27.0. The van der Waals surface area contributed by atoms with Crippen molar-refractivity contribution in [3.05, 3.63) is 83.1 Å². The Hall–Kier alpha value is -4.26. The lowest BCUT2D eigenvalue weighted by atomic mass is 10.1. The van der Waals surface area contributed by atoms with Crippen LogP contribution in [0.5, 0.6) is 28.7 Å². The summed E-state index contributed by atoms with van der Waals surface area (Å²) in [6.07, 6.45) is 1.63. The molecule has 0 saturated carbocycles. The Balaban J connectivity index is 1.37. The molecule has 7 heteroatoms. The number of rotatable bonds is 4. The van der Waals surface area contributed by atoms with E-state index in [0.29, 0.717) is 34.1 Å². The van der Waals surface area contributed by atoms with Crippen LogP contribution in [0.25, 0.3) is 6.08 Å². The van der Waals surface area contributed by atoms with Crippen LogP contribution >= 0.6 is 0 Å². The molecule has 0 fully saturated rings. The van der Waals surface area contributed by atoms with E-state index in [1.54, 1.807) is 60.7 Å². The molecule has 0 saturated heterocycles. The van der Waals surface area contributed by atoms with Gasteiger partial charge in [-0.3, -0.25) is 4.79 Å². The van der Waals surface area contributed by atoms with Crippen molar-refractivity contribution in [2.45, 2.75) is 0 Å². The first-order chi connectivity index (χ1) is 15.1. The van der Waals surface area contributed by atoms with Crippen LogP contribution in [0.15, 0.2) is 66.4 Å². The summed E-state index contributed by atoms with van der Waals surface area (Å²) >= 11 is 0. The molecular weight excluding hydrogens is 400 g/mol. The average molecular weight is 416 g/mol. The molecule has 3 aromatic rings. The summed E-state index contributed by atoms with van der Waals surface area (Å²) in [5.74, 6) is 1.60. The lowest BCUT2D eigenvalue weighted by Gasteiger charge is -2.08. The van der Waals surface area contributed by atoms with E-state index in [2.05, 4.69) is 0 Å². The molecular formula is C24H16O7. The van der Waals surface area contributed by atoms with E-state index in [-0.39, 0.29) is 24.1 Å². The highest BCUT2D eigenvalue weighted by Crippen LogP contribution is 2.37. The Labute approximate surface area is 177 Å². The summed E-state index contributed by atoms with van der Waals surface area (Å²) in [6, 6.07) is 16.8. The highest BCUT2D eigenvalue weighted by Gasteiger charge is 2.28. The summed E-state index contributed by atoms with van der Waals surface area (Å²) in [5, 5.41) is 0. The highest BCUT2D eigenvalue weighted by molar-refractivity contribution is 6.14. The van der Waals surface area contributed by atoms with Crippen LogP contribution < -0.4 is 23.7 Å². The number of allylic oxidation sites excluding steroid dienone is 1. The van der Waals surface area contributed by atoms with E-state index in [4.69, 9.17) is 23.7 Å². The first kappa shape index (κ1) is 18.7. The van der Waals surface area contributed by atoms with Crippen molar-refractivity contribution in [3.63, 3.8) is 0 Å². The second-order valence-corrected chi connectivity index (χ2v) is 6.80. The van der Waals surface area contributed by atoms with Gasteiger partial charge in [-0.15, -0.1) is 0 Å². The van der Waals surface area contributed by atoms with Gasteiger partial charge < -0.3 is 23.7 Å². The Morgan fingerprint density at radius 1 is 0.968 bits per heavy atom. The molecule has 0 N–H and O–H groups in total. The Morgan fingerprint density at radius 3 is 2.68 bits per heavy atom. The van der Waals surface area contributed by atoms with Gasteiger partial charge in [0, 0.05) is 6.07 Å². The Bertz CT molecular complexity index is 1240. The molecule has 0 spiro atoms. The predicted molar refractivity (Wildman–Crippen MR) is 110 cm³/mol. The number of carbonyl (C=O) groups is 2. The van der Waals surface area contributed by atoms with Crippen molar-refractivity contribution in [1.29, 1.82) is 0 Å². The largest absolute Gasteiger partial charge is 0.496 e. The zero-order chi connectivity index (χ0) is 21.4. The molecule has 0 atom stereocenters. The molecule has 31 heavy (non-hydrogen) atoms. The number of ether oxygens (including phenoxy) is 5. The van der Waals surface area contributed by atoms with Crippen LogP contribution in [0.3, 0.4) is 0 Å². The van der Waals surface area contributed by atoms with E-state index in [9.17, 15) is 9.59 Å². The molecule has 3 aromatic carbocycles. The number of para-hydroxylation sites is 1. The van der Waals surface area contributed by atoms with Crippen molar-refractivity contribution >= 4 is 17.8 Å². The zero-order valence-corrected chi connectivity index (χ0v) is 16.4. The average Bonchev–Trinajstić information content (AvgIpc) is 3.37. The lowest BCUT2D eigenvalue weighted by Crippen LogP contribution is -2.10. The van der Waals surface area contributed by atoms with Gasteiger partial charge in [0.05, 0.1) is 12.7 Å². The standard InChI is InChI=1S/C24H16O7/c1-27-18-5-3-2-4-17(18)24(26)30-15-7-8-16-20(12-15)31-22(23(16)25)11-14-6-9-19-21(10-14)29-13-28-19/h2-12H,13H2,1H3/b22-11-. The van der Waals surface area contributed by atoms with Crippen molar-refractivity contribution in [3.8, 4) is 28.7 Å². The normalized spacial score (nSPS) is 14.9. The molecule has 0 unspecified atom stereocenters. The van der Waals surface area contributed by atoms with Crippen molar-refractivity contribution in [2.24, 2.45) is 0 Å². The van der Waals surface area contributed by atoms with Crippen LogP contribution in [0.1, 0.15) is 26.3 Å². The lowest BCUT2D eigenvalue weighted by molar-refractivity contribution is 0.0731. The van der Waals surface area contributed by atoms with Crippen molar-refractivity contribution in [2.75, 3.05) is 13.9 Å². The van der Waals surface area contributed by atoms with Crippen molar-refractivity contribution < 1.29 is 33.3 Å². The molecule has 2 aliphatic rings.